The summed E-state index contributed by atoms with van der Waals surface area (Å²) in [7, 11) is 1.77. The lowest BCUT2D eigenvalue weighted by Gasteiger charge is -2.11. The Hall–Kier alpha value is -3.86. The Balaban J connectivity index is 0.000000192. The summed E-state index contributed by atoms with van der Waals surface area (Å²) >= 11 is 0. The number of halogens is 2. The van der Waals surface area contributed by atoms with E-state index in [2.05, 4.69) is 15.4 Å². The zero-order chi connectivity index (χ0) is 24.7. The molecule has 4 rings (SSSR count). The van der Waals surface area contributed by atoms with Gasteiger partial charge in [0.05, 0.1) is 12.3 Å². The highest BCUT2D eigenvalue weighted by molar-refractivity contribution is 5.96. The molecule has 1 saturated heterocycles. The number of carbonyl (C=O) groups is 2. The van der Waals surface area contributed by atoms with Crippen molar-refractivity contribution in [2.24, 2.45) is 12.8 Å². The van der Waals surface area contributed by atoms with Crippen LogP contribution in [0.1, 0.15) is 35.8 Å². The summed E-state index contributed by atoms with van der Waals surface area (Å²) in [5.74, 6) is -2.81. The van der Waals surface area contributed by atoms with Gasteiger partial charge in [0.1, 0.15) is 18.4 Å². The van der Waals surface area contributed by atoms with Gasteiger partial charge in [-0.05, 0) is 44.0 Å². The van der Waals surface area contributed by atoms with E-state index < -0.39 is 23.6 Å². The Kier molecular flexibility index (Phi) is 8.25. The number of aromatic nitrogens is 3. The van der Waals surface area contributed by atoms with Crippen molar-refractivity contribution in [2.45, 2.75) is 38.6 Å². The first-order chi connectivity index (χ1) is 16.2. The fraction of sp³-hybridized carbons (Fsp3) is 0.304. The summed E-state index contributed by atoms with van der Waals surface area (Å²) in [5.41, 5.74) is 6.52. The molecule has 1 aliphatic heterocycles. The van der Waals surface area contributed by atoms with E-state index in [1.807, 2.05) is 6.92 Å². The van der Waals surface area contributed by atoms with Gasteiger partial charge in [-0.1, -0.05) is 6.07 Å². The van der Waals surface area contributed by atoms with E-state index in [0.29, 0.717) is 12.1 Å². The van der Waals surface area contributed by atoms with Crippen molar-refractivity contribution in [3.63, 3.8) is 0 Å². The molecule has 9 nitrogen and oxygen atoms in total. The molecular weight excluding hydrogens is 448 g/mol. The SMILES string of the molecule is CC1CCC(C(=O)Nc2ccnc(C(N)=O)c2)O1.Cn1cc(COc2cccc(F)c2F)cn1. The molecule has 3 N–H and O–H groups in total. The van der Waals surface area contributed by atoms with Gasteiger partial charge in [-0.25, -0.2) is 4.39 Å². The van der Waals surface area contributed by atoms with Crippen LogP contribution in [0.2, 0.25) is 0 Å². The minimum atomic E-state index is -0.966. The van der Waals surface area contributed by atoms with Gasteiger partial charge in [-0.2, -0.15) is 9.49 Å². The Bertz CT molecular complexity index is 1150. The van der Waals surface area contributed by atoms with Crippen molar-refractivity contribution >= 4 is 17.5 Å². The normalized spacial score (nSPS) is 16.9. The average Bonchev–Trinajstić information content (AvgIpc) is 3.43. The topological polar surface area (TPSA) is 121 Å². The van der Waals surface area contributed by atoms with E-state index in [0.717, 1.165) is 18.1 Å². The summed E-state index contributed by atoms with van der Waals surface area (Å²) in [4.78, 5) is 26.6. The van der Waals surface area contributed by atoms with Crippen LogP contribution in [0, 0.1) is 11.6 Å². The summed E-state index contributed by atoms with van der Waals surface area (Å²) < 4.78 is 38.2. The molecule has 3 heterocycles. The minimum Gasteiger partial charge on any atom is -0.486 e. The Morgan fingerprint density at radius 3 is 2.74 bits per heavy atom. The van der Waals surface area contributed by atoms with E-state index in [1.54, 1.807) is 30.2 Å². The van der Waals surface area contributed by atoms with Crippen LogP contribution in [-0.2, 0) is 23.2 Å². The molecule has 2 unspecified atom stereocenters. The van der Waals surface area contributed by atoms with Gasteiger partial charge < -0.3 is 20.5 Å². The van der Waals surface area contributed by atoms with E-state index in [9.17, 15) is 18.4 Å². The maximum absolute atomic E-state index is 13.2. The van der Waals surface area contributed by atoms with E-state index in [-0.39, 0.29) is 30.1 Å². The van der Waals surface area contributed by atoms with E-state index in [4.69, 9.17) is 15.2 Å². The third-order valence-electron chi connectivity index (χ3n) is 4.87. The molecule has 0 saturated carbocycles. The smallest absolute Gasteiger partial charge is 0.267 e. The third-order valence-corrected chi connectivity index (χ3v) is 4.87. The van der Waals surface area contributed by atoms with Gasteiger partial charge in [0, 0.05) is 30.7 Å². The maximum atomic E-state index is 13.2. The van der Waals surface area contributed by atoms with Crippen molar-refractivity contribution in [3.8, 4) is 5.75 Å². The fourth-order valence-corrected chi connectivity index (χ4v) is 3.16. The number of benzene rings is 1. The molecule has 0 spiro atoms. The lowest BCUT2D eigenvalue weighted by Crippen LogP contribution is -2.28. The lowest BCUT2D eigenvalue weighted by atomic mass is 10.2. The highest BCUT2D eigenvalue weighted by Crippen LogP contribution is 2.21. The van der Waals surface area contributed by atoms with Crippen molar-refractivity contribution in [1.82, 2.24) is 14.8 Å². The van der Waals surface area contributed by atoms with Gasteiger partial charge >= 0.3 is 0 Å². The molecule has 0 radical (unpaired) electrons. The first-order valence-corrected chi connectivity index (χ1v) is 10.5. The molecule has 2 atom stereocenters. The minimum absolute atomic E-state index is 0.0937. The lowest BCUT2D eigenvalue weighted by molar-refractivity contribution is -0.126. The monoisotopic (exact) mass is 473 g/mol. The van der Waals surface area contributed by atoms with Gasteiger partial charge in [-0.3, -0.25) is 19.3 Å². The second-order valence-electron chi connectivity index (χ2n) is 7.66. The first-order valence-electron chi connectivity index (χ1n) is 10.5. The molecule has 11 heteroatoms. The van der Waals surface area contributed by atoms with Crippen molar-refractivity contribution in [1.29, 1.82) is 0 Å². The number of aryl methyl sites for hydroxylation is 1. The highest BCUT2D eigenvalue weighted by atomic mass is 19.2. The number of primary amides is 1. The van der Waals surface area contributed by atoms with Crippen LogP contribution in [0.15, 0.2) is 48.9 Å². The largest absolute Gasteiger partial charge is 0.486 e. The fourth-order valence-electron chi connectivity index (χ4n) is 3.16. The summed E-state index contributed by atoms with van der Waals surface area (Å²) in [6.07, 6.45) is 6.05. The second-order valence-corrected chi connectivity index (χ2v) is 7.66. The Labute approximate surface area is 194 Å². The molecule has 1 fully saturated rings. The number of carbonyl (C=O) groups excluding carboxylic acids is 2. The predicted molar refractivity (Wildman–Crippen MR) is 119 cm³/mol. The molecule has 180 valence electrons. The second kappa shape index (κ2) is 11.3. The van der Waals surface area contributed by atoms with Crippen LogP contribution in [-0.4, -0.2) is 38.8 Å². The van der Waals surface area contributed by atoms with Crippen LogP contribution in [0.25, 0.3) is 0 Å². The highest BCUT2D eigenvalue weighted by Gasteiger charge is 2.28. The zero-order valence-corrected chi connectivity index (χ0v) is 18.7. The number of pyridine rings is 1. The molecule has 3 aromatic rings. The molecule has 1 aliphatic rings. The van der Waals surface area contributed by atoms with Gasteiger partial charge in [0.25, 0.3) is 11.8 Å². The van der Waals surface area contributed by atoms with Crippen molar-refractivity contribution in [2.75, 3.05) is 5.32 Å². The van der Waals surface area contributed by atoms with E-state index >= 15 is 0 Å². The van der Waals surface area contributed by atoms with Crippen LogP contribution in [0.5, 0.6) is 5.75 Å². The summed E-state index contributed by atoms with van der Waals surface area (Å²) in [6, 6.07) is 6.87. The Morgan fingerprint density at radius 1 is 1.29 bits per heavy atom. The van der Waals surface area contributed by atoms with Gasteiger partial charge in [-0.15, -0.1) is 0 Å². The third kappa shape index (κ3) is 6.82. The number of nitrogens with two attached hydrogens (primary N) is 1. The van der Waals surface area contributed by atoms with Crippen LogP contribution in [0.4, 0.5) is 14.5 Å². The van der Waals surface area contributed by atoms with Crippen LogP contribution < -0.4 is 15.8 Å². The average molecular weight is 473 g/mol. The number of anilines is 1. The van der Waals surface area contributed by atoms with Crippen molar-refractivity contribution < 1.29 is 27.8 Å². The number of hydrogen-bond acceptors (Lipinski definition) is 6. The predicted octanol–water partition coefficient (Wildman–Crippen LogP) is 2.96. The first kappa shape index (κ1) is 24.8. The number of ether oxygens (including phenoxy) is 2. The van der Waals surface area contributed by atoms with Gasteiger partial charge in [0.15, 0.2) is 11.6 Å². The molecular formula is C23H25F2N5O4. The van der Waals surface area contributed by atoms with Crippen LogP contribution >= 0.6 is 0 Å². The summed E-state index contributed by atoms with van der Waals surface area (Å²) in [6.45, 7) is 2.10. The van der Waals surface area contributed by atoms with E-state index in [1.165, 1.54) is 24.4 Å². The zero-order valence-electron chi connectivity index (χ0n) is 18.7. The number of hydrogen-bond donors (Lipinski definition) is 2. The number of rotatable bonds is 6. The Morgan fingerprint density at radius 2 is 2.09 bits per heavy atom. The molecule has 0 bridgehead atoms. The quantitative estimate of drug-likeness (QED) is 0.568. The number of amides is 2. The molecule has 2 amide bonds. The number of nitrogens with one attached hydrogen (secondary N) is 1. The standard InChI is InChI=1S/C12H15N3O3.C11H10F2N2O/c1-7-2-3-10(18-7)12(17)15-8-4-5-14-9(6-8)11(13)16;1-15-6-8(5-14-15)7-16-10-4-2-3-9(12)11(10)13/h4-7,10H,2-3H2,1H3,(H2,13,16)(H,14,15,17);2-6H,7H2,1H3. The number of nitrogens with zero attached hydrogens (tertiary/aromatic N) is 3. The van der Waals surface area contributed by atoms with Crippen LogP contribution in [0.3, 0.4) is 0 Å². The molecule has 34 heavy (non-hydrogen) atoms. The molecule has 0 aliphatic carbocycles. The molecule has 1 aromatic carbocycles. The maximum Gasteiger partial charge on any atom is 0.267 e. The van der Waals surface area contributed by atoms with Gasteiger partial charge in [0.2, 0.25) is 5.82 Å². The summed E-state index contributed by atoms with van der Waals surface area (Å²) in [5, 5.41) is 6.63. The molecule has 2 aromatic heterocycles. The van der Waals surface area contributed by atoms with Crippen molar-refractivity contribution in [3.05, 3.63) is 71.8 Å².